The van der Waals surface area contributed by atoms with Crippen LogP contribution in [0.4, 0.5) is 5.69 Å². The van der Waals surface area contributed by atoms with Crippen LogP contribution in [0.2, 0.25) is 0 Å². The number of aryl methyl sites for hydroxylation is 2. The minimum Gasteiger partial charge on any atom is -0.465 e. The van der Waals surface area contributed by atoms with E-state index in [0.717, 1.165) is 29.7 Å². The lowest BCUT2D eigenvalue weighted by atomic mass is 9.66. The number of thioether (sulfide) groups is 1. The molecule has 7 nitrogen and oxygen atoms in total. The van der Waals surface area contributed by atoms with Crippen molar-refractivity contribution in [2.75, 3.05) is 31.2 Å². The number of ether oxygens (including phenoxy) is 1. The molecule has 0 aliphatic carbocycles. The number of anilines is 1. The normalized spacial score (nSPS) is 28.9. The number of hydrogen-bond donors (Lipinski definition) is 1. The Balaban J connectivity index is 1.76. The fourth-order valence-electron chi connectivity index (χ4n) is 6.81. The highest BCUT2D eigenvalue weighted by Crippen LogP contribution is 2.68. The van der Waals surface area contributed by atoms with E-state index >= 15 is 0 Å². The molecule has 0 radical (unpaired) electrons. The van der Waals surface area contributed by atoms with E-state index in [4.69, 9.17) is 4.74 Å². The van der Waals surface area contributed by atoms with Crippen LogP contribution >= 0.6 is 11.8 Å². The van der Waals surface area contributed by atoms with Gasteiger partial charge in [-0.1, -0.05) is 31.2 Å². The summed E-state index contributed by atoms with van der Waals surface area (Å²) in [5, 5.41) is 9.23. The minimum atomic E-state index is -0.699. The van der Waals surface area contributed by atoms with Crippen molar-refractivity contribution in [2.24, 2.45) is 17.8 Å². The Morgan fingerprint density at radius 3 is 2.69 bits per heavy atom. The molecule has 6 atom stereocenters. The van der Waals surface area contributed by atoms with Crippen molar-refractivity contribution >= 4 is 35.2 Å². The zero-order chi connectivity index (χ0) is 28.3. The molecule has 1 spiro atoms. The summed E-state index contributed by atoms with van der Waals surface area (Å²) in [7, 11) is 0. The second kappa shape index (κ2) is 12.3. The van der Waals surface area contributed by atoms with Crippen LogP contribution in [0.1, 0.15) is 50.2 Å². The van der Waals surface area contributed by atoms with Crippen LogP contribution in [0, 0.1) is 31.6 Å². The van der Waals surface area contributed by atoms with Gasteiger partial charge in [0.1, 0.15) is 6.04 Å². The van der Waals surface area contributed by atoms with E-state index in [2.05, 4.69) is 20.1 Å². The van der Waals surface area contributed by atoms with Crippen molar-refractivity contribution in [1.29, 1.82) is 0 Å². The fourth-order valence-corrected chi connectivity index (χ4v) is 9.22. The molecule has 1 aromatic carbocycles. The van der Waals surface area contributed by atoms with Crippen LogP contribution in [-0.4, -0.2) is 70.1 Å². The lowest BCUT2D eigenvalue weighted by molar-refractivity contribution is -0.154. The molecule has 39 heavy (non-hydrogen) atoms. The lowest BCUT2D eigenvalue weighted by Gasteiger charge is -2.40. The Hall–Kier alpha value is -2.58. The molecule has 2 bridgehead atoms. The molecule has 3 saturated heterocycles. The van der Waals surface area contributed by atoms with Gasteiger partial charge in [-0.05, 0) is 69.1 Å². The number of likely N-dealkylation sites (tertiary alicyclic amines) is 1. The topological polar surface area (TPSA) is 87.1 Å². The molecule has 2 amide bonds. The predicted molar refractivity (Wildman–Crippen MR) is 156 cm³/mol. The summed E-state index contributed by atoms with van der Waals surface area (Å²) in [5.41, 5.74) is 2.84. The zero-order valence-corrected chi connectivity index (χ0v) is 24.3. The number of nitrogens with zero attached hydrogens (tertiary/aromatic N) is 2. The smallest absolute Gasteiger partial charge is 0.310 e. The molecule has 4 rings (SSSR count). The second-order valence-electron chi connectivity index (χ2n) is 11.1. The largest absolute Gasteiger partial charge is 0.465 e. The fraction of sp³-hybridized carbons (Fsp3) is 0.581. The molecule has 8 heteroatoms. The first kappa shape index (κ1) is 29.4. The number of rotatable bonds is 13. The Kier molecular flexibility index (Phi) is 9.27. The number of esters is 1. The number of hydrogen-bond acceptors (Lipinski definition) is 6. The van der Waals surface area contributed by atoms with Gasteiger partial charge in [0.2, 0.25) is 5.91 Å². The van der Waals surface area contributed by atoms with Crippen LogP contribution in [0.5, 0.6) is 0 Å². The van der Waals surface area contributed by atoms with Gasteiger partial charge < -0.3 is 19.6 Å². The minimum absolute atomic E-state index is 0.0504. The maximum absolute atomic E-state index is 14.7. The summed E-state index contributed by atoms with van der Waals surface area (Å²) in [6.07, 6.45) is 6.83. The number of benzene rings is 1. The number of fused-ring (bicyclic) bond motifs is 1. The number of aliphatic hydroxyl groups is 1. The number of carbonyl (C=O) groups is 3. The maximum atomic E-state index is 14.7. The molecule has 212 valence electrons. The maximum Gasteiger partial charge on any atom is 0.310 e. The van der Waals surface area contributed by atoms with Gasteiger partial charge in [-0.3, -0.25) is 14.4 Å². The molecule has 1 aromatic rings. The predicted octanol–water partition coefficient (Wildman–Crippen LogP) is 4.44. The van der Waals surface area contributed by atoms with Crippen molar-refractivity contribution in [3.63, 3.8) is 0 Å². The summed E-state index contributed by atoms with van der Waals surface area (Å²) in [4.78, 5) is 45.8. The Labute approximate surface area is 236 Å². The van der Waals surface area contributed by atoms with E-state index in [1.807, 2.05) is 32.0 Å². The first-order chi connectivity index (χ1) is 18.7. The number of carbonyl (C=O) groups excluding carboxylic acids is 3. The third kappa shape index (κ3) is 5.18. The molecule has 1 N–H and O–H groups in total. The van der Waals surface area contributed by atoms with Crippen LogP contribution < -0.4 is 4.90 Å². The van der Waals surface area contributed by atoms with E-state index in [-0.39, 0.29) is 42.2 Å². The first-order valence-electron chi connectivity index (χ1n) is 14.1. The van der Waals surface area contributed by atoms with E-state index < -0.39 is 22.6 Å². The molecule has 3 unspecified atom stereocenters. The average Bonchev–Trinajstić information content (AvgIpc) is 3.50. The molecule has 3 aliphatic heterocycles. The van der Waals surface area contributed by atoms with Gasteiger partial charge in [-0.15, -0.1) is 24.9 Å². The summed E-state index contributed by atoms with van der Waals surface area (Å²) in [5.74, 6) is -1.66. The highest BCUT2D eigenvalue weighted by atomic mass is 32.2. The molecular weight excluding hydrogens is 512 g/mol. The average molecular weight is 555 g/mol. The van der Waals surface area contributed by atoms with Gasteiger partial charge in [0, 0.05) is 30.6 Å². The quantitative estimate of drug-likeness (QED) is 0.220. The molecule has 0 aromatic heterocycles. The highest BCUT2D eigenvalue weighted by Gasteiger charge is 2.76. The zero-order valence-electron chi connectivity index (χ0n) is 23.4. The van der Waals surface area contributed by atoms with Gasteiger partial charge in [0.15, 0.2) is 0 Å². The molecule has 3 fully saturated rings. The molecule has 3 heterocycles. The molecule has 3 aliphatic rings. The van der Waals surface area contributed by atoms with Gasteiger partial charge in [-0.25, -0.2) is 0 Å². The van der Waals surface area contributed by atoms with Crippen LogP contribution in [0.15, 0.2) is 43.5 Å². The van der Waals surface area contributed by atoms with Gasteiger partial charge in [0.25, 0.3) is 5.91 Å². The van der Waals surface area contributed by atoms with E-state index in [1.54, 1.807) is 33.7 Å². The molecular formula is C31H42N2O5S. The van der Waals surface area contributed by atoms with Crippen molar-refractivity contribution < 1.29 is 24.2 Å². The van der Waals surface area contributed by atoms with Gasteiger partial charge in [-0.2, -0.15) is 0 Å². The van der Waals surface area contributed by atoms with E-state index in [1.165, 1.54) is 0 Å². The van der Waals surface area contributed by atoms with Crippen LogP contribution in [-0.2, 0) is 19.1 Å². The Morgan fingerprint density at radius 2 is 2.00 bits per heavy atom. The van der Waals surface area contributed by atoms with Crippen molar-refractivity contribution in [3.05, 3.63) is 54.6 Å². The third-order valence-corrected chi connectivity index (χ3v) is 10.7. The SMILES string of the molecule is C=CCCOC(=O)[C@@H]1[C@H]2C(=O)N(CCCCCO)C(C(=O)N(CC=C)c3cc(C)ccc3C)C23S[C@@H]1CC3C. The Bertz CT molecular complexity index is 1120. The summed E-state index contributed by atoms with van der Waals surface area (Å²) in [6.45, 7) is 14.8. The van der Waals surface area contributed by atoms with Gasteiger partial charge in [0.05, 0.1) is 23.2 Å². The lowest BCUT2D eigenvalue weighted by Crippen LogP contribution is -2.57. The monoisotopic (exact) mass is 554 g/mol. The summed E-state index contributed by atoms with van der Waals surface area (Å²) in [6, 6.07) is 5.35. The third-order valence-electron chi connectivity index (χ3n) is 8.61. The standard InChI is InChI=1S/C31H42N2O5S/c1-6-8-17-38-30(37)25-24-19-22(5)31(39-24)26(25)28(35)33(15-10-9-11-16-34)27(31)29(36)32(14-7-2)23-18-20(3)12-13-21(23)4/h6-7,12-13,18,22,24-27,34H,1-2,8-11,14-17,19H2,3-5H3/t22?,24-,25+,26+,27?,31?/m1/s1. The van der Waals surface area contributed by atoms with E-state index in [9.17, 15) is 19.5 Å². The van der Waals surface area contributed by atoms with Crippen LogP contribution in [0.25, 0.3) is 0 Å². The summed E-state index contributed by atoms with van der Waals surface area (Å²) < 4.78 is 4.91. The van der Waals surface area contributed by atoms with Crippen molar-refractivity contribution in [2.45, 2.75) is 68.9 Å². The summed E-state index contributed by atoms with van der Waals surface area (Å²) >= 11 is 1.66. The second-order valence-corrected chi connectivity index (χ2v) is 12.7. The van der Waals surface area contributed by atoms with Crippen molar-refractivity contribution in [1.82, 2.24) is 4.90 Å². The highest BCUT2D eigenvalue weighted by molar-refractivity contribution is 8.02. The number of amides is 2. The first-order valence-corrected chi connectivity index (χ1v) is 15.0. The van der Waals surface area contributed by atoms with Gasteiger partial charge >= 0.3 is 5.97 Å². The Morgan fingerprint density at radius 1 is 1.23 bits per heavy atom. The van der Waals surface area contributed by atoms with Crippen molar-refractivity contribution in [3.8, 4) is 0 Å². The molecule has 0 saturated carbocycles. The number of aliphatic hydroxyl groups excluding tert-OH is 1. The van der Waals surface area contributed by atoms with E-state index in [0.29, 0.717) is 32.4 Å². The number of unbranched alkanes of at least 4 members (excludes halogenated alkanes) is 2. The van der Waals surface area contributed by atoms with Crippen LogP contribution in [0.3, 0.4) is 0 Å².